The van der Waals surface area contributed by atoms with Crippen LogP contribution in [0.2, 0.25) is 4.34 Å². The van der Waals surface area contributed by atoms with Gasteiger partial charge in [0.05, 0.1) is 16.6 Å². The number of para-hydroxylation sites is 1. The highest BCUT2D eigenvalue weighted by molar-refractivity contribution is 7.16. The number of halogens is 1. The number of thiazole rings is 1. The van der Waals surface area contributed by atoms with Crippen LogP contribution in [-0.4, -0.2) is 24.0 Å². The average molecular weight is 337 g/mol. The van der Waals surface area contributed by atoms with Gasteiger partial charge in [-0.3, -0.25) is 4.79 Å². The number of fused-ring (bicyclic) bond motifs is 1. The number of nitrogens with zero attached hydrogens (tertiary/aromatic N) is 1. The molecule has 0 saturated heterocycles. The molecule has 2 aromatic rings. The van der Waals surface area contributed by atoms with Crippen LogP contribution in [-0.2, 0) is 17.6 Å². The highest BCUT2D eigenvalue weighted by Crippen LogP contribution is 2.27. The lowest BCUT2D eigenvalue weighted by molar-refractivity contribution is -0.126. The van der Waals surface area contributed by atoms with E-state index in [1.807, 2.05) is 31.2 Å². The van der Waals surface area contributed by atoms with Crippen molar-refractivity contribution >= 4 is 28.8 Å². The maximum absolute atomic E-state index is 12.2. The van der Waals surface area contributed by atoms with Crippen molar-refractivity contribution in [1.82, 2.24) is 10.3 Å². The van der Waals surface area contributed by atoms with Crippen LogP contribution in [0.5, 0.6) is 5.75 Å². The number of nitrogens with one attached hydrogen (secondary N) is 1. The van der Waals surface area contributed by atoms with E-state index in [2.05, 4.69) is 10.3 Å². The fourth-order valence-electron chi connectivity index (χ4n) is 2.47. The predicted octanol–water partition coefficient (Wildman–Crippen LogP) is 3.01. The van der Waals surface area contributed by atoms with Crippen LogP contribution in [0, 0.1) is 12.8 Å². The van der Waals surface area contributed by atoms with Crippen LogP contribution in [0.3, 0.4) is 0 Å². The Balaban J connectivity index is 1.50. The number of rotatable bonds is 4. The van der Waals surface area contributed by atoms with E-state index in [9.17, 15) is 4.79 Å². The zero-order valence-corrected chi connectivity index (χ0v) is 13.8. The molecular formula is C16H17ClN2O2S. The maximum atomic E-state index is 12.2. The second kappa shape index (κ2) is 6.67. The van der Waals surface area contributed by atoms with Crippen LogP contribution in [0.25, 0.3) is 0 Å². The van der Waals surface area contributed by atoms with Gasteiger partial charge in [0.25, 0.3) is 0 Å². The molecule has 4 nitrogen and oxygen atoms in total. The Labute approximate surface area is 138 Å². The van der Waals surface area contributed by atoms with Crippen molar-refractivity contribution in [2.75, 3.05) is 13.2 Å². The number of benzene rings is 1. The second-order valence-electron chi connectivity index (χ2n) is 5.33. The van der Waals surface area contributed by atoms with E-state index in [0.29, 0.717) is 19.6 Å². The molecule has 0 aliphatic carbocycles. The Morgan fingerprint density at radius 2 is 2.32 bits per heavy atom. The third-order valence-electron chi connectivity index (χ3n) is 3.67. The molecule has 2 heterocycles. The van der Waals surface area contributed by atoms with E-state index < -0.39 is 0 Å². The van der Waals surface area contributed by atoms with E-state index in [-0.39, 0.29) is 11.8 Å². The largest absolute Gasteiger partial charge is 0.492 e. The third kappa shape index (κ3) is 3.42. The molecule has 6 heteroatoms. The van der Waals surface area contributed by atoms with Crippen LogP contribution in [0.4, 0.5) is 0 Å². The fourth-order valence-corrected chi connectivity index (χ4v) is 3.57. The second-order valence-corrected chi connectivity index (χ2v) is 7.01. The number of hydrogen-bond donors (Lipinski definition) is 1. The Morgan fingerprint density at radius 3 is 3.09 bits per heavy atom. The van der Waals surface area contributed by atoms with Crippen molar-refractivity contribution in [3.8, 4) is 5.75 Å². The topological polar surface area (TPSA) is 51.2 Å². The molecule has 0 bridgehead atoms. The van der Waals surface area contributed by atoms with Gasteiger partial charge in [-0.15, -0.1) is 11.3 Å². The predicted molar refractivity (Wildman–Crippen MR) is 87.7 cm³/mol. The summed E-state index contributed by atoms with van der Waals surface area (Å²) in [6.07, 6.45) is 1.43. The lowest BCUT2D eigenvalue weighted by Crippen LogP contribution is -2.38. The summed E-state index contributed by atoms with van der Waals surface area (Å²) in [6, 6.07) is 7.87. The summed E-state index contributed by atoms with van der Waals surface area (Å²) in [5, 5.41) is 3.92. The first-order chi connectivity index (χ1) is 10.6. The van der Waals surface area contributed by atoms with Crippen molar-refractivity contribution < 1.29 is 9.53 Å². The van der Waals surface area contributed by atoms with E-state index >= 15 is 0 Å². The molecule has 0 radical (unpaired) electrons. The van der Waals surface area contributed by atoms with E-state index in [1.54, 1.807) is 0 Å². The van der Waals surface area contributed by atoms with Crippen molar-refractivity contribution in [1.29, 1.82) is 0 Å². The van der Waals surface area contributed by atoms with E-state index in [1.165, 1.54) is 11.3 Å². The maximum Gasteiger partial charge on any atom is 0.226 e. The van der Waals surface area contributed by atoms with Gasteiger partial charge in [-0.05, 0) is 25.0 Å². The van der Waals surface area contributed by atoms with Gasteiger partial charge in [0, 0.05) is 13.0 Å². The minimum absolute atomic E-state index is 0.0360. The summed E-state index contributed by atoms with van der Waals surface area (Å²) in [7, 11) is 0. The first kappa shape index (κ1) is 15.3. The van der Waals surface area contributed by atoms with E-state index in [4.69, 9.17) is 16.3 Å². The van der Waals surface area contributed by atoms with Gasteiger partial charge in [0.1, 0.15) is 16.7 Å². The Morgan fingerprint density at radius 1 is 1.50 bits per heavy atom. The van der Waals surface area contributed by atoms with Gasteiger partial charge >= 0.3 is 0 Å². The molecule has 3 rings (SSSR count). The van der Waals surface area contributed by atoms with Gasteiger partial charge in [-0.1, -0.05) is 29.8 Å². The number of ether oxygens (including phenoxy) is 1. The van der Waals surface area contributed by atoms with Gasteiger partial charge in [-0.2, -0.15) is 0 Å². The van der Waals surface area contributed by atoms with Crippen molar-refractivity contribution in [3.63, 3.8) is 0 Å². The molecule has 1 N–H and O–H groups in total. The zero-order chi connectivity index (χ0) is 15.5. The summed E-state index contributed by atoms with van der Waals surface area (Å²) < 4.78 is 6.37. The van der Waals surface area contributed by atoms with Crippen LogP contribution in [0.1, 0.15) is 16.3 Å². The molecule has 0 saturated carbocycles. The van der Waals surface area contributed by atoms with Crippen molar-refractivity contribution in [3.05, 3.63) is 44.9 Å². The first-order valence-corrected chi connectivity index (χ1v) is 8.43. The Bertz CT molecular complexity index is 667. The number of carbonyl (C=O) groups excluding carboxylic acids is 1. The van der Waals surface area contributed by atoms with E-state index in [0.717, 1.165) is 32.8 Å². The molecule has 1 atom stereocenters. The summed E-state index contributed by atoms with van der Waals surface area (Å²) >= 11 is 7.46. The van der Waals surface area contributed by atoms with Crippen LogP contribution in [0.15, 0.2) is 24.3 Å². The fraction of sp³-hybridized carbons (Fsp3) is 0.375. The van der Waals surface area contributed by atoms with Gasteiger partial charge in [-0.25, -0.2) is 4.98 Å². The Kier molecular flexibility index (Phi) is 4.64. The van der Waals surface area contributed by atoms with Crippen LogP contribution < -0.4 is 10.1 Å². The molecule has 22 heavy (non-hydrogen) atoms. The highest BCUT2D eigenvalue weighted by atomic mass is 35.5. The SMILES string of the molecule is Cc1nc(CCNC(=O)[C@H]2COc3ccccc3C2)sc1Cl. The molecule has 1 aromatic heterocycles. The summed E-state index contributed by atoms with van der Waals surface area (Å²) in [5.74, 6) is 0.796. The van der Waals surface area contributed by atoms with Gasteiger partial charge in [0.2, 0.25) is 5.91 Å². The minimum Gasteiger partial charge on any atom is -0.492 e. The molecule has 116 valence electrons. The molecule has 0 spiro atoms. The monoisotopic (exact) mass is 336 g/mol. The van der Waals surface area contributed by atoms with Gasteiger partial charge in [0.15, 0.2) is 0 Å². The average Bonchev–Trinajstić information content (AvgIpc) is 2.85. The number of carbonyl (C=O) groups is 1. The number of hydrogen-bond acceptors (Lipinski definition) is 4. The third-order valence-corrected chi connectivity index (χ3v) is 5.18. The quantitative estimate of drug-likeness (QED) is 0.933. The molecule has 1 amide bonds. The standard InChI is InChI=1S/C16H17ClN2O2S/c1-10-15(17)22-14(19-10)6-7-18-16(20)12-8-11-4-2-3-5-13(11)21-9-12/h2-5,12H,6-9H2,1H3,(H,18,20)/t12-/m1/s1. The van der Waals surface area contributed by atoms with Crippen molar-refractivity contribution in [2.45, 2.75) is 19.8 Å². The van der Waals surface area contributed by atoms with Gasteiger partial charge < -0.3 is 10.1 Å². The number of aryl methyl sites for hydroxylation is 1. The van der Waals surface area contributed by atoms with Crippen LogP contribution >= 0.6 is 22.9 Å². The molecule has 1 aliphatic rings. The minimum atomic E-state index is -0.128. The molecule has 0 unspecified atom stereocenters. The van der Waals surface area contributed by atoms with Crippen molar-refractivity contribution in [2.24, 2.45) is 5.92 Å². The Hall–Kier alpha value is -1.59. The summed E-state index contributed by atoms with van der Waals surface area (Å²) in [4.78, 5) is 16.6. The summed E-state index contributed by atoms with van der Waals surface area (Å²) in [6.45, 7) is 2.89. The smallest absolute Gasteiger partial charge is 0.226 e. The number of aromatic nitrogens is 1. The molecule has 0 fully saturated rings. The molecule has 1 aliphatic heterocycles. The highest BCUT2D eigenvalue weighted by Gasteiger charge is 2.25. The molecular weight excluding hydrogens is 320 g/mol. The first-order valence-electron chi connectivity index (χ1n) is 7.23. The number of amides is 1. The lowest BCUT2D eigenvalue weighted by Gasteiger charge is -2.24. The normalized spacial score (nSPS) is 16.7. The zero-order valence-electron chi connectivity index (χ0n) is 12.3. The summed E-state index contributed by atoms with van der Waals surface area (Å²) in [5.41, 5.74) is 1.95. The molecule has 1 aromatic carbocycles. The lowest BCUT2D eigenvalue weighted by atomic mass is 9.96.